The third kappa shape index (κ3) is 4.33. The molecule has 0 amide bonds. The van der Waals surface area contributed by atoms with Crippen molar-refractivity contribution in [1.29, 1.82) is 0 Å². The van der Waals surface area contributed by atoms with E-state index >= 15 is 0 Å². The quantitative estimate of drug-likeness (QED) is 0.376. The lowest BCUT2D eigenvalue weighted by Crippen LogP contribution is -2.36. The van der Waals surface area contributed by atoms with Crippen molar-refractivity contribution in [2.45, 2.75) is 17.3 Å². The second-order valence-corrected chi connectivity index (χ2v) is 8.57. The first-order valence-electron chi connectivity index (χ1n) is 10.4. The zero-order chi connectivity index (χ0) is 22.4. The minimum Gasteiger partial charge on any atom is -0.480 e. The predicted molar refractivity (Wildman–Crippen MR) is 129 cm³/mol. The normalized spacial score (nSPS) is 12.4. The first kappa shape index (κ1) is 21.9. The van der Waals surface area contributed by atoms with Crippen LogP contribution >= 0.6 is 11.8 Å². The van der Waals surface area contributed by atoms with Gasteiger partial charge in [-0.3, -0.25) is 4.79 Å². The molecule has 3 N–H and O–H groups in total. The Hall–Kier alpha value is -3.35. The number of carboxylic acids is 1. The molecule has 0 saturated heterocycles. The molecule has 0 bridgehead atoms. The van der Waals surface area contributed by atoms with Gasteiger partial charge in [-0.2, -0.15) is 11.8 Å². The summed E-state index contributed by atoms with van der Waals surface area (Å²) in [4.78, 5) is 15.6. The largest absolute Gasteiger partial charge is 0.480 e. The van der Waals surface area contributed by atoms with E-state index in [1.165, 1.54) is 11.8 Å². The number of hydrogen-bond acceptors (Lipinski definition) is 4. The molecular weight excluding hydrogens is 418 g/mol. The Balaban J connectivity index is 1.81. The second kappa shape index (κ2) is 9.85. The van der Waals surface area contributed by atoms with Crippen LogP contribution in [0.2, 0.25) is 0 Å². The Morgan fingerprint density at radius 3 is 1.81 bits per heavy atom. The summed E-state index contributed by atoms with van der Waals surface area (Å²) in [5.41, 5.74) is 9.29. The van der Waals surface area contributed by atoms with Crippen molar-refractivity contribution in [3.05, 3.63) is 126 Å². The lowest BCUT2D eigenvalue weighted by molar-refractivity contribution is -0.137. The molecule has 0 aliphatic rings. The van der Waals surface area contributed by atoms with E-state index in [0.29, 0.717) is 11.5 Å². The van der Waals surface area contributed by atoms with Crippen molar-refractivity contribution >= 4 is 17.7 Å². The van der Waals surface area contributed by atoms with E-state index < -0.39 is 17.6 Å². The predicted octanol–water partition coefficient (Wildman–Crippen LogP) is 4.37. The van der Waals surface area contributed by atoms with Crippen molar-refractivity contribution in [2.24, 2.45) is 5.73 Å². The Labute approximate surface area is 191 Å². The first-order chi connectivity index (χ1) is 15.6. The monoisotopic (exact) mass is 443 g/mol. The molecule has 3 aromatic carbocycles. The number of thioether (sulfide) groups is 1. The van der Waals surface area contributed by atoms with Crippen molar-refractivity contribution in [3.8, 4) is 0 Å². The van der Waals surface area contributed by atoms with Crippen molar-refractivity contribution in [2.75, 3.05) is 5.75 Å². The topological polar surface area (TPSA) is 81.1 Å². The van der Waals surface area contributed by atoms with E-state index in [2.05, 4.69) is 82.3 Å². The number of benzene rings is 3. The van der Waals surface area contributed by atoms with Crippen LogP contribution in [0.3, 0.4) is 0 Å². The number of imidazole rings is 1. The summed E-state index contributed by atoms with van der Waals surface area (Å²) >= 11 is 1.47. The molecule has 0 aliphatic heterocycles. The SMILES string of the molecule is NC(CSCc1cn(C(c2ccccc2)(c2ccccc2)c2ccccc2)cn1)C(=O)O. The maximum atomic E-state index is 11.0. The van der Waals surface area contributed by atoms with Gasteiger partial charge in [-0.15, -0.1) is 0 Å². The molecule has 4 aromatic rings. The molecule has 0 aliphatic carbocycles. The maximum absolute atomic E-state index is 11.0. The van der Waals surface area contributed by atoms with E-state index in [0.717, 1.165) is 22.4 Å². The summed E-state index contributed by atoms with van der Waals surface area (Å²) < 4.78 is 2.15. The van der Waals surface area contributed by atoms with Crippen molar-refractivity contribution < 1.29 is 9.90 Å². The maximum Gasteiger partial charge on any atom is 0.321 e. The van der Waals surface area contributed by atoms with Gasteiger partial charge in [0.2, 0.25) is 0 Å². The molecule has 0 saturated carbocycles. The molecule has 4 rings (SSSR count). The Kier molecular flexibility index (Phi) is 6.73. The van der Waals surface area contributed by atoms with Gasteiger partial charge in [0.1, 0.15) is 11.6 Å². The molecule has 0 fully saturated rings. The van der Waals surface area contributed by atoms with Crippen LogP contribution in [0.5, 0.6) is 0 Å². The third-order valence-electron chi connectivity index (χ3n) is 5.46. The average molecular weight is 444 g/mol. The zero-order valence-electron chi connectivity index (χ0n) is 17.5. The molecular formula is C26H25N3O2S. The van der Waals surface area contributed by atoms with Gasteiger partial charge in [0.25, 0.3) is 0 Å². The van der Waals surface area contributed by atoms with Gasteiger partial charge in [0.05, 0.1) is 12.0 Å². The molecule has 0 spiro atoms. The smallest absolute Gasteiger partial charge is 0.321 e. The highest BCUT2D eigenvalue weighted by Crippen LogP contribution is 2.40. The number of hydrogen-bond donors (Lipinski definition) is 2. The molecule has 1 unspecified atom stereocenters. The van der Waals surface area contributed by atoms with Crippen LogP contribution < -0.4 is 5.73 Å². The highest BCUT2D eigenvalue weighted by Gasteiger charge is 2.38. The van der Waals surface area contributed by atoms with Crippen molar-refractivity contribution in [1.82, 2.24) is 9.55 Å². The van der Waals surface area contributed by atoms with Crippen LogP contribution in [-0.4, -0.2) is 32.4 Å². The lowest BCUT2D eigenvalue weighted by Gasteiger charge is -2.37. The minimum atomic E-state index is -0.987. The Morgan fingerprint density at radius 1 is 0.906 bits per heavy atom. The summed E-state index contributed by atoms with van der Waals surface area (Å²) in [6, 6.07) is 30.3. The zero-order valence-corrected chi connectivity index (χ0v) is 18.4. The van der Waals surface area contributed by atoms with E-state index in [9.17, 15) is 4.79 Å². The number of nitrogens with zero attached hydrogens (tertiary/aromatic N) is 2. The van der Waals surface area contributed by atoms with Crippen LogP contribution in [0.25, 0.3) is 0 Å². The van der Waals surface area contributed by atoms with E-state index in [4.69, 9.17) is 10.8 Å². The highest BCUT2D eigenvalue weighted by molar-refractivity contribution is 7.98. The fourth-order valence-corrected chi connectivity index (χ4v) is 4.84. The molecule has 6 heteroatoms. The Morgan fingerprint density at radius 2 is 1.38 bits per heavy atom. The summed E-state index contributed by atoms with van der Waals surface area (Å²) in [5.74, 6) is -0.0643. The standard InChI is InChI=1S/C26H25N3O2S/c27-24(25(30)31)18-32-17-23-16-29(19-28-23)26(20-10-4-1-5-11-20,21-12-6-2-7-13-21)22-14-8-3-9-15-22/h1-16,19,24H,17-18,27H2,(H,30,31). The average Bonchev–Trinajstić information content (AvgIpc) is 3.30. The van der Waals surface area contributed by atoms with Crippen LogP contribution in [0.4, 0.5) is 0 Å². The minimum absolute atomic E-state index is 0.337. The molecule has 0 radical (unpaired) electrons. The summed E-state index contributed by atoms with van der Waals surface area (Å²) in [6.07, 6.45) is 3.91. The van der Waals surface area contributed by atoms with E-state index in [-0.39, 0.29) is 0 Å². The van der Waals surface area contributed by atoms with Crippen LogP contribution in [0, 0.1) is 0 Å². The van der Waals surface area contributed by atoms with Gasteiger partial charge in [-0.05, 0) is 16.7 Å². The number of aromatic nitrogens is 2. The number of aliphatic carboxylic acids is 1. The first-order valence-corrected chi connectivity index (χ1v) is 11.5. The molecule has 32 heavy (non-hydrogen) atoms. The summed E-state index contributed by atoms with van der Waals surface area (Å²) in [7, 11) is 0. The third-order valence-corrected chi connectivity index (χ3v) is 6.56. The van der Waals surface area contributed by atoms with Gasteiger partial charge in [0, 0.05) is 17.7 Å². The van der Waals surface area contributed by atoms with E-state index in [1.807, 2.05) is 30.7 Å². The fraction of sp³-hybridized carbons (Fsp3) is 0.154. The molecule has 162 valence electrons. The fourth-order valence-electron chi connectivity index (χ4n) is 3.97. The van der Waals surface area contributed by atoms with Gasteiger partial charge in [-0.1, -0.05) is 91.0 Å². The van der Waals surface area contributed by atoms with E-state index in [1.54, 1.807) is 0 Å². The molecule has 1 aromatic heterocycles. The number of rotatable bonds is 9. The van der Waals surface area contributed by atoms with Crippen LogP contribution in [0.15, 0.2) is 104 Å². The van der Waals surface area contributed by atoms with Gasteiger partial charge in [-0.25, -0.2) is 4.98 Å². The van der Waals surface area contributed by atoms with Gasteiger partial charge >= 0.3 is 5.97 Å². The van der Waals surface area contributed by atoms with Crippen LogP contribution in [-0.2, 0) is 16.1 Å². The number of nitrogens with two attached hydrogens (primary N) is 1. The molecule has 1 atom stereocenters. The van der Waals surface area contributed by atoms with Gasteiger partial charge in [0.15, 0.2) is 0 Å². The highest BCUT2D eigenvalue weighted by atomic mass is 32.2. The summed E-state index contributed by atoms with van der Waals surface area (Å²) in [6.45, 7) is 0. The number of carboxylic acid groups (broad SMARTS) is 1. The van der Waals surface area contributed by atoms with Crippen molar-refractivity contribution in [3.63, 3.8) is 0 Å². The van der Waals surface area contributed by atoms with Gasteiger partial charge < -0.3 is 15.4 Å². The van der Waals surface area contributed by atoms with Crippen LogP contribution in [0.1, 0.15) is 22.4 Å². The Bertz CT molecular complexity index is 1050. The second-order valence-electron chi connectivity index (χ2n) is 7.54. The lowest BCUT2D eigenvalue weighted by atomic mass is 9.77. The number of carbonyl (C=O) groups is 1. The molecule has 1 heterocycles. The summed E-state index contributed by atoms with van der Waals surface area (Å²) in [5, 5.41) is 9.01. The molecule has 5 nitrogen and oxygen atoms in total.